The summed E-state index contributed by atoms with van der Waals surface area (Å²) >= 11 is 5.82. The van der Waals surface area contributed by atoms with Crippen molar-refractivity contribution < 1.29 is 21.9 Å². The van der Waals surface area contributed by atoms with Crippen LogP contribution in [0.25, 0.3) is 0 Å². The molecule has 2 aromatic carbocycles. The van der Waals surface area contributed by atoms with Crippen molar-refractivity contribution in [3.8, 4) is 0 Å². The summed E-state index contributed by atoms with van der Waals surface area (Å²) in [6.45, 7) is 0. The Balaban J connectivity index is 2.13. The van der Waals surface area contributed by atoms with Crippen LogP contribution in [-0.2, 0) is 19.9 Å². The fraction of sp³-hybridized carbons (Fsp3) is 0.250. The maximum absolute atomic E-state index is 13.2. The number of aliphatic hydroxyl groups is 1. The van der Waals surface area contributed by atoms with Crippen LogP contribution in [0.15, 0.2) is 59.5 Å². The van der Waals surface area contributed by atoms with Crippen LogP contribution in [0, 0.1) is 0 Å². The Hall–Kier alpha value is -1.61. The first-order valence-electron chi connectivity index (χ1n) is 7.44. The Morgan fingerprint density at radius 1 is 1.00 bits per heavy atom. The molecule has 0 aromatic heterocycles. The zero-order valence-electron chi connectivity index (χ0n) is 13.0. The van der Waals surface area contributed by atoms with Crippen molar-refractivity contribution in [2.24, 2.45) is 0 Å². The molecular weight excluding hydrogens is 386 g/mol. The molecule has 2 aromatic rings. The smallest absolute Gasteiger partial charge is 0.264 e. The monoisotopic (exact) mass is 401 g/mol. The first-order valence-corrected chi connectivity index (χ1v) is 11.1. The molecule has 0 aliphatic carbocycles. The molecule has 3 rings (SSSR count). The van der Waals surface area contributed by atoms with E-state index in [-0.39, 0.29) is 4.90 Å². The van der Waals surface area contributed by atoms with Crippen LogP contribution < -0.4 is 4.31 Å². The number of anilines is 1. The lowest BCUT2D eigenvalue weighted by Crippen LogP contribution is -2.47. The Bertz CT molecular complexity index is 959. The van der Waals surface area contributed by atoms with Gasteiger partial charge in [0.05, 0.1) is 34.2 Å². The molecule has 1 N–H and O–H groups in total. The zero-order chi connectivity index (χ0) is 18.2. The van der Waals surface area contributed by atoms with Crippen molar-refractivity contribution in [1.29, 1.82) is 0 Å². The van der Waals surface area contributed by atoms with Gasteiger partial charge < -0.3 is 5.11 Å². The second kappa shape index (κ2) is 6.60. The van der Waals surface area contributed by atoms with E-state index in [0.717, 1.165) is 4.31 Å². The minimum Gasteiger partial charge on any atom is -0.390 e. The molecule has 6 nitrogen and oxygen atoms in total. The molecular formula is C16H16ClNO5S2. The van der Waals surface area contributed by atoms with Gasteiger partial charge in [-0.2, -0.15) is 0 Å². The van der Waals surface area contributed by atoms with E-state index in [4.69, 9.17) is 11.6 Å². The number of sulfone groups is 1. The van der Waals surface area contributed by atoms with Crippen LogP contribution >= 0.6 is 11.6 Å². The fourth-order valence-corrected chi connectivity index (χ4v) is 6.51. The van der Waals surface area contributed by atoms with Crippen molar-refractivity contribution in [2.45, 2.75) is 17.0 Å². The predicted octanol–water partition coefficient (Wildman–Crippen LogP) is 1.69. The molecule has 0 saturated carbocycles. The molecule has 0 spiro atoms. The number of halogens is 1. The van der Waals surface area contributed by atoms with Crippen molar-refractivity contribution in [2.75, 3.05) is 15.8 Å². The first-order chi connectivity index (χ1) is 11.7. The topological polar surface area (TPSA) is 91.8 Å². The van der Waals surface area contributed by atoms with Crippen LogP contribution in [0.1, 0.15) is 0 Å². The average molecular weight is 402 g/mol. The SMILES string of the molecule is O=S1(=O)C[C@@H](O)[C@H](N(c2ccccc2)S(=O)(=O)c2ccc(Cl)cc2)C1. The highest BCUT2D eigenvalue weighted by Gasteiger charge is 2.44. The van der Waals surface area contributed by atoms with Gasteiger partial charge in [0.1, 0.15) is 0 Å². The molecule has 2 atom stereocenters. The summed E-state index contributed by atoms with van der Waals surface area (Å²) < 4.78 is 51.1. The molecule has 1 aliphatic rings. The molecule has 1 fully saturated rings. The number of rotatable bonds is 4. The van der Waals surface area contributed by atoms with Gasteiger partial charge in [0, 0.05) is 5.02 Å². The molecule has 134 valence electrons. The van der Waals surface area contributed by atoms with Gasteiger partial charge in [-0.05, 0) is 36.4 Å². The van der Waals surface area contributed by atoms with Crippen molar-refractivity contribution in [3.05, 3.63) is 59.6 Å². The molecule has 1 heterocycles. The Kier molecular flexibility index (Phi) is 4.80. The summed E-state index contributed by atoms with van der Waals surface area (Å²) in [6.07, 6.45) is -1.30. The summed E-state index contributed by atoms with van der Waals surface area (Å²) in [5.41, 5.74) is 0.290. The van der Waals surface area contributed by atoms with Gasteiger partial charge in [0.15, 0.2) is 9.84 Å². The molecule has 1 aliphatic heterocycles. The molecule has 25 heavy (non-hydrogen) atoms. The van der Waals surface area contributed by atoms with Crippen molar-refractivity contribution >= 4 is 37.1 Å². The van der Waals surface area contributed by atoms with E-state index in [2.05, 4.69) is 0 Å². The number of aliphatic hydroxyl groups excluding tert-OH is 1. The molecule has 1 saturated heterocycles. The Morgan fingerprint density at radius 2 is 1.60 bits per heavy atom. The summed E-state index contributed by atoms with van der Waals surface area (Å²) in [5.74, 6) is -0.896. The second-order valence-electron chi connectivity index (χ2n) is 5.80. The zero-order valence-corrected chi connectivity index (χ0v) is 15.4. The van der Waals surface area contributed by atoms with Gasteiger partial charge in [-0.15, -0.1) is 0 Å². The number of sulfonamides is 1. The quantitative estimate of drug-likeness (QED) is 0.841. The summed E-state index contributed by atoms with van der Waals surface area (Å²) in [5, 5.41) is 10.6. The van der Waals surface area contributed by atoms with Gasteiger partial charge in [-0.25, -0.2) is 16.8 Å². The summed E-state index contributed by atoms with van der Waals surface area (Å²) in [7, 11) is -7.61. The normalized spacial score (nSPS) is 22.6. The highest BCUT2D eigenvalue weighted by molar-refractivity contribution is 7.93. The number of hydrogen-bond donors (Lipinski definition) is 1. The summed E-state index contributed by atoms with van der Waals surface area (Å²) in [6, 6.07) is 12.6. The van der Waals surface area contributed by atoms with Gasteiger partial charge in [-0.3, -0.25) is 4.31 Å². The minimum atomic E-state index is -4.09. The number of benzene rings is 2. The average Bonchev–Trinajstić information content (AvgIpc) is 2.81. The largest absolute Gasteiger partial charge is 0.390 e. The van der Waals surface area contributed by atoms with Gasteiger partial charge >= 0.3 is 0 Å². The van der Waals surface area contributed by atoms with E-state index in [1.165, 1.54) is 24.3 Å². The van der Waals surface area contributed by atoms with Crippen molar-refractivity contribution in [1.82, 2.24) is 0 Å². The van der Waals surface area contributed by atoms with Gasteiger partial charge in [0.2, 0.25) is 0 Å². The summed E-state index contributed by atoms with van der Waals surface area (Å²) in [4.78, 5) is -0.0303. The fourth-order valence-electron chi connectivity index (χ4n) is 2.84. The Labute approximate surface area is 151 Å². The van der Waals surface area contributed by atoms with Gasteiger partial charge in [-0.1, -0.05) is 29.8 Å². The number of nitrogens with zero attached hydrogens (tertiary/aromatic N) is 1. The maximum atomic E-state index is 13.2. The van der Waals surface area contributed by atoms with Crippen LogP contribution in [0.5, 0.6) is 0 Å². The lowest BCUT2D eigenvalue weighted by atomic mass is 10.2. The first kappa shape index (κ1) is 18.2. The van der Waals surface area contributed by atoms with E-state index in [1.807, 2.05) is 0 Å². The van der Waals surface area contributed by atoms with E-state index in [9.17, 15) is 21.9 Å². The van der Waals surface area contributed by atoms with E-state index < -0.39 is 43.5 Å². The van der Waals surface area contributed by atoms with Crippen LogP contribution in [0.2, 0.25) is 5.02 Å². The standard InChI is InChI=1S/C16H16ClNO5S2/c17-12-6-8-14(9-7-12)25(22,23)18(13-4-2-1-3-5-13)15-10-24(20,21)11-16(15)19/h1-9,15-16,19H,10-11H2/t15-,16-/m1/s1. The molecule has 9 heteroatoms. The van der Waals surface area contributed by atoms with Crippen molar-refractivity contribution in [3.63, 3.8) is 0 Å². The third-order valence-electron chi connectivity index (χ3n) is 3.98. The molecule has 0 unspecified atom stereocenters. The number of para-hydroxylation sites is 1. The molecule has 0 amide bonds. The van der Waals surface area contributed by atoms with Crippen LogP contribution in [-0.4, -0.2) is 45.6 Å². The van der Waals surface area contributed by atoms with Gasteiger partial charge in [0.25, 0.3) is 10.0 Å². The predicted molar refractivity (Wildman–Crippen MR) is 96.0 cm³/mol. The lowest BCUT2D eigenvalue weighted by molar-refractivity contribution is 0.184. The third kappa shape index (κ3) is 3.67. The maximum Gasteiger partial charge on any atom is 0.264 e. The van der Waals surface area contributed by atoms with Crippen LogP contribution in [0.4, 0.5) is 5.69 Å². The number of hydrogen-bond acceptors (Lipinski definition) is 5. The van der Waals surface area contributed by atoms with E-state index >= 15 is 0 Å². The Morgan fingerprint density at radius 3 is 2.12 bits per heavy atom. The highest BCUT2D eigenvalue weighted by Crippen LogP contribution is 2.31. The molecule has 0 bridgehead atoms. The second-order valence-corrected chi connectivity index (χ2v) is 10.2. The van der Waals surface area contributed by atoms with Crippen LogP contribution in [0.3, 0.4) is 0 Å². The lowest BCUT2D eigenvalue weighted by Gasteiger charge is -2.31. The van der Waals surface area contributed by atoms with E-state index in [0.29, 0.717) is 10.7 Å². The van der Waals surface area contributed by atoms with E-state index in [1.54, 1.807) is 30.3 Å². The highest BCUT2D eigenvalue weighted by atomic mass is 35.5. The molecule has 0 radical (unpaired) electrons. The minimum absolute atomic E-state index is 0.0303. The third-order valence-corrected chi connectivity index (χ3v) is 7.79.